The molecule has 2 aromatic carbocycles. The van der Waals surface area contributed by atoms with Gasteiger partial charge in [0.05, 0.1) is 23.3 Å². The van der Waals surface area contributed by atoms with E-state index in [0.717, 1.165) is 38.4 Å². The van der Waals surface area contributed by atoms with Crippen LogP contribution in [0.1, 0.15) is 17.3 Å². The van der Waals surface area contributed by atoms with Gasteiger partial charge in [0.2, 0.25) is 0 Å². The fourth-order valence-corrected chi connectivity index (χ4v) is 4.36. The number of aliphatic carboxylic acids is 1. The highest BCUT2D eigenvalue weighted by Crippen LogP contribution is 2.27. The van der Waals surface area contributed by atoms with Crippen molar-refractivity contribution in [2.45, 2.75) is 18.0 Å². The Kier molecular flexibility index (Phi) is 9.53. The van der Waals surface area contributed by atoms with Crippen molar-refractivity contribution in [2.75, 3.05) is 49.5 Å². The molecule has 1 saturated heterocycles. The summed E-state index contributed by atoms with van der Waals surface area (Å²) in [5.41, 5.74) is 0.715. The number of ether oxygens (including phenoxy) is 1. The van der Waals surface area contributed by atoms with Crippen molar-refractivity contribution >= 4 is 33.3 Å². The third-order valence-electron chi connectivity index (χ3n) is 5.27. The Morgan fingerprint density at radius 2 is 1.58 bits per heavy atom. The number of halogens is 3. The Hall–Kier alpha value is -3.52. The molecule has 3 N–H and O–H groups in total. The van der Waals surface area contributed by atoms with E-state index in [1.807, 2.05) is 0 Å². The number of piperazine rings is 1. The Morgan fingerprint density at radius 1 is 1.03 bits per heavy atom. The molecule has 36 heavy (non-hydrogen) atoms. The minimum atomic E-state index is -5.08. The number of alkyl halides is 3. The first-order valence-electron chi connectivity index (χ1n) is 10.6. The predicted octanol–water partition coefficient (Wildman–Crippen LogP) is 2.97. The van der Waals surface area contributed by atoms with E-state index in [2.05, 4.69) is 21.4 Å². The van der Waals surface area contributed by atoms with Crippen LogP contribution in [0.2, 0.25) is 0 Å². The summed E-state index contributed by atoms with van der Waals surface area (Å²) >= 11 is 0. The van der Waals surface area contributed by atoms with Crippen LogP contribution in [0, 0.1) is 0 Å². The van der Waals surface area contributed by atoms with Crippen LogP contribution in [0.15, 0.2) is 47.4 Å². The third kappa shape index (κ3) is 7.75. The number of methoxy groups -OCH3 is 1. The Balaban J connectivity index is 0.000000572. The minimum absolute atomic E-state index is 0.0226. The fraction of sp³-hybridized carbons (Fsp3) is 0.364. The second kappa shape index (κ2) is 11.9. The molecule has 0 aromatic heterocycles. The first-order valence-corrected chi connectivity index (χ1v) is 12.1. The molecule has 0 aliphatic carbocycles. The number of benzene rings is 2. The maximum Gasteiger partial charge on any atom is 0.490 e. The predicted molar refractivity (Wildman–Crippen MR) is 125 cm³/mol. The van der Waals surface area contributed by atoms with Gasteiger partial charge in [0.1, 0.15) is 5.75 Å². The van der Waals surface area contributed by atoms with Gasteiger partial charge in [-0.1, -0.05) is 6.92 Å². The molecule has 14 heteroatoms. The van der Waals surface area contributed by atoms with Crippen LogP contribution >= 0.6 is 0 Å². The molecule has 0 radical (unpaired) electrons. The van der Waals surface area contributed by atoms with Gasteiger partial charge in [-0.25, -0.2) is 18.0 Å². The summed E-state index contributed by atoms with van der Waals surface area (Å²) in [6.07, 6.45) is -5.08. The molecular formula is C22H26F3N3O7S. The van der Waals surface area contributed by atoms with Gasteiger partial charge >= 0.3 is 18.1 Å². The summed E-state index contributed by atoms with van der Waals surface area (Å²) in [4.78, 5) is 25.1. The zero-order valence-electron chi connectivity index (χ0n) is 19.4. The van der Waals surface area contributed by atoms with Crippen molar-refractivity contribution in [1.29, 1.82) is 0 Å². The van der Waals surface area contributed by atoms with Crippen LogP contribution in [0.25, 0.3) is 0 Å². The molecule has 0 amide bonds. The molecule has 0 spiro atoms. The van der Waals surface area contributed by atoms with Crippen LogP contribution in [0.5, 0.6) is 5.75 Å². The minimum Gasteiger partial charge on any atom is -0.497 e. The van der Waals surface area contributed by atoms with Gasteiger partial charge in [0.25, 0.3) is 10.0 Å². The number of aromatic carboxylic acids is 1. The molecule has 0 bridgehead atoms. The number of hydrogen-bond acceptors (Lipinski definition) is 7. The van der Waals surface area contributed by atoms with E-state index in [4.69, 9.17) is 14.6 Å². The van der Waals surface area contributed by atoms with Crippen molar-refractivity contribution in [3.8, 4) is 5.75 Å². The van der Waals surface area contributed by atoms with Crippen LogP contribution in [0.3, 0.4) is 0 Å². The van der Waals surface area contributed by atoms with Gasteiger partial charge in [-0.05, 0) is 49.0 Å². The molecule has 2 aromatic rings. The van der Waals surface area contributed by atoms with Crippen molar-refractivity contribution in [3.63, 3.8) is 0 Å². The van der Waals surface area contributed by atoms with Gasteiger partial charge in [-0.2, -0.15) is 13.2 Å². The number of hydrogen-bond donors (Lipinski definition) is 3. The van der Waals surface area contributed by atoms with Crippen LogP contribution in [-0.2, 0) is 14.8 Å². The van der Waals surface area contributed by atoms with E-state index in [1.165, 1.54) is 43.5 Å². The summed E-state index contributed by atoms with van der Waals surface area (Å²) in [5.74, 6) is -3.42. The fourth-order valence-electron chi connectivity index (χ4n) is 3.28. The summed E-state index contributed by atoms with van der Waals surface area (Å²) < 4.78 is 64.5. The number of carboxylic acid groups (broad SMARTS) is 2. The SMILES string of the molecule is CCN1CCN(c2ccc(NS(=O)(=O)c3ccc(OC)cc3)c(C(=O)O)c2)CC1.O=C(O)C(F)(F)F. The molecule has 3 rings (SSSR count). The number of likely N-dealkylation sites (N-methyl/N-ethyl adjacent to an activating group) is 1. The van der Waals surface area contributed by atoms with Gasteiger partial charge in [-0.15, -0.1) is 0 Å². The van der Waals surface area contributed by atoms with Gasteiger partial charge in [0.15, 0.2) is 0 Å². The second-order valence-corrected chi connectivity index (χ2v) is 9.22. The smallest absolute Gasteiger partial charge is 0.490 e. The van der Waals surface area contributed by atoms with Crippen LogP contribution in [-0.4, -0.2) is 81.5 Å². The molecule has 0 atom stereocenters. The van der Waals surface area contributed by atoms with Crippen LogP contribution < -0.4 is 14.4 Å². The zero-order valence-corrected chi connectivity index (χ0v) is 20.3. The topological polar surface area (TPSA) is 136 Å². The highest BCUT2D eigenvalue weighted by Gasteiger charge is 2.38. The lowest BCUT2D eigenvalue weighted by Gasteiger charge is -2.35. The largest absolute Gasteiger partial charge is 0.497 e. The third-order valence-corrected chi connectivity index (χ3v) is 6.66. The standard InChI is InChI=1S/C20H25N3O5S.C2HF3O2/c1-3-22-10-12-23(13-11-22)15-4-9-19(18(14-15)20(24)25)21-29(26,27)17-7-5-16(28-2)6-8-17;3-2(4,5)1(6)7/h4-9,14,21H,3,10-13H2,1-2H3,(H,24,25);(H,6,7). The summed E-state index contributed by atoms with van der Waals surface area (Å²) in [6.45, 7) is 6.51. The van der Waals surface area contributed by atoms with E-state index >= 15 is 0 Å². The normalized spacial score (nSPS) is 14.4. The Morgan fingerprint density at radius 3 is 2.03 bits per heavy atom. The van der Waals surface area contributed by atoms with Crippen molar-refractivity contribution in [2.24, 2.45) is 0 Å². The highest BCUT2D eigenvalue weighted by molar-refractivity contribution is 7.92. The number of nitrogens with zero attached hydrogens (tertiary/aromatic N) is 2. The number of carbonyl (C=O) groups is 2. The molecule has 1 aliphatic rings. The monoisotopic (exact) mass is 533 g/mol. The molecule has 0 saturated carbocycles. The van der Waals surface area contributed by atoms with E-state index in [0.29, 0.717) is 5.75 Å². The first-order chi connectivity index (χ1) is 16.8. The maximum absolute atomic E-state index is 12.7. The molecule has 1 aliphatic heterocycles. The molecule has 1 heterocycles. The zero-order chi connectivity index (χ0) is 27.1. The first kappa shape index (κ1) is 28.7. The van der Waals surface area contributed by atoms with Gasteiger partial charge in [-0.3, -0.25) is 4.72 Å². The van der Waals surface area contributed by atoms with E-state index in [1.54, 1.807) is 6.07 Å². The van der Waals surface area contributed by atoms with Gasteiger partial charge in [0, 0.05) is 31.9 Å². The Bertz CT molecular complexity index is 1160. The lowest BCUT2D eigenvalue weighted by Crippen LogP contribution is -2.46. The van der Waals surface area contributed by atoms with Crippen molar-refractivity contribution in [1.82, 2.24) is 4.90 Å². The molecule has 0 unspecified atom stereocenters. The van der Waals surface area contributed by atoms with Crippen molar-refractivity contribution in [3.05, 3.63) is 48.0 Å². The molecule has 10 nitrogen and oxygen atoms in total. The maximum atomic E-state index is 12.7. The second-order valence-electron chi connectivity index (χ2n) is 7.54. The number of carboxylic acids is 2. The average Bonchev–Trinajstić information content (AvgIpc) is 2.84. The van der Waals surface area contributed by atoms with Gasteiger partial charge < -0.3 is 24.7 Å². The summed E-state index contributed by atoms with van der Waals surface area (Å²) in [5, 5.41) is 16.8. The van der Waals surface area contributed by atoms with E-state index in [9.17, 15) is 31.5 Å². The number of anilines is 2. The van der Waals surface area contributed by atoms with E-state index in [-0.39, 0.29) is 16.1 Å². The highest BCUT2D eigenvalue weighted by atomic mass is 32.2. The quantitative estimate of drug-likeness (QED) is 0.491. The number of nitrogens with one attached hydrogen (secondary N) is 1. The summed E-state index contributed by atoms with van der Waals surface area (Å²) in [6, 6.07) is 10.7. The number of sulfonamides is 1. The van der Waals surface area contributed by atoms with E-state index < -0.39 is 28.1 Å². The van der Waals surface area contributed by atoms with Crippen LogP contribution in [0.4, 0.5) is 24.5 Å². The lowest BCUT2D eigenvalue weighted by atomic mass is 10.1. The summed E-state index contributed by atoms with van der Waals surface area (Å²) in [7, 11) is -2.44. The molecule has 1 fully saturated rings. The van der Waals surface area contributed by atoms with Crippen molar-refractivity contribution < 1.29 is 46.1 Å². The lowest BCUT2D eigenvalue weighted by molar-refractivity contribution is -0.192. The molecular weight excluding hydrogens is 507 g/mol. The average molecular weight is 534 g/mol. The molecule has 198 valence electrons. The Labute approximate surface area is 205 Å². The number of rotatable bonds is 7.